The van der Waals surface area contributed by atoms with Crippen LogP contribution < -0.4 is 14.8 Å². The number of amides is 1. The summed E-state index contributed by atoms with van der Waals surface area (Å²) in [6.45, 7) is 8.44. The predicted octanol–water partition coefficient (Wildman–Crippen LogP) is 5.62. The van der Waals surface area contributed by atoms with Crippen molar-refractivity contribution in [3.8, 4) is 22.9 Å². The maximum Gasteiger partial charge on any atom is 0.410 e. The average Bonchev–Trinajstić information content (AvgIpc) is 2.93. The van der Waals surface area contributed by atoms with Gasteiger partial charge >= 0.3 is 6.09 Å². The lowest BCUT2D eigenvalue weighted by Crippen LogP contribution is -2.47. The van der Waals surface area contributed by atoms with Gasteiger partial charge < -0.3 is 19.7 Å². The molecule has 1 fully saturated rings. The molecular weight excluding hydrogens is 587 g/mol. The van der Waals surface area contributed by atoms with Gasteiger partial charge in [0.15, 0.2) is 11.6 Å². The van der Waals surface area contributed by atoms with Crippen LogP contribution in [-0.2, 0) is 14.8 Å². The molecule has 0 spiro atoms. The van der Waals surface area contributed by atoms with Crippen LogP contribution in [0.3, 0.4) is 0 Å². The minimum absolute atomic E-state index is 0.0345. The fourth-order valence-electron chi connectivity index (χ4n) is 4.24. The molecule has 1 atom stereocenters. The molecule has 2 aromatic heterocycles. The van der Waals surface area contributed by atoms with Crippen LogP contribution in [0.2, 0.25) is 5.02 Å². The Labute approximate surface area is 249 Å². The summed E-state index contributed by atoms with van der Waals surface area (Å²) in [6.07, 6.45) is 4.75. The second-order valence-corrected chi connectivity index (χ2v) is 12.9. The van der Waals surface area contributed by atoms with E-state index in [1.165, 1.54) is 12.3 Å². The zero-order valence-corrected chi connectivity index (χ0v) is 25.4. The average molecular weight is 621 g/mol. The molecule has 3 heterocycles. The number of nitrogens with zero attached hydrogens (tertiary/aromatic N) is 4. The van der Waals surface area contributed by atoms with Crippen LogP contribution >= 0.6 is 11.6 Å². The Bertz CT molecular complexity index is 1540. The Morgan fingerprint density at radius 1 is 1.19 bits per heavy atom. The smallest absolute Gasteiger partial charge is 0.410 e. The number of nitrogens with one attached hydrogen (secondary N) is 2. The van der Waals surface area contributed by atoms with Crippen molar-refractivity contribution < 1.29 is 27.1 Å². The van der Waals surface area contributed by atoms with E-state index in [1.807, 2.05) is 20.8 Å². The predicted molar refractivity (Wildman–Crippen MR) is 157 cm³/mol. The summed E-state index contributed by atoms with van der Waals surface area (Å²) in [6, 6.07) is 7.19. The maximum absolute atomic E-state index is 15.5. The molecule has 3 aromatic rings. The van der Waals surface area contributed by atoms with Crippen molar-refractivity contribution >= 4 is 33.7 Å². The number of pyridine rings is 1. The lowest BCUT2D eigenvalue weighted by Gasteiger charge is -2.34. The molecule has 11 nitrogen and oxygen atoms in total. The molecule has 1 aromatic carbocycles. The van der Waals surface area contributed by atoms with Gasteiger partial charge in [0.05, 0.1) is 16.3 Å². The number of aromatic nitrogens is 3. The van der Waals surface area contributed by atoms with Gasteiger partial charge in [-0.05, 0) is 70.4 Å². The number of rotatable bonds is 9. The SMILES string of the molecule is CCCNS(=O)(=O)c1ccc(Cl)c(Oc2ncccc2-c2ccnc(N[C@H]3CCCN(C(=O)OC(C)(C)C)C3)n2)c1F. The summed E-state index contributed by atoms with van der Waals surface area (Å²) in [4.78, 5) is 26.8. The van der Waals surface area contributed by atoms with Crippen LogP contribution in [0.5, 0.6) is 11.6 Å². The highest BCUT2D eigenvalue weighted by atomic mass is 35.5. The summed E-state index contributed by atoms with van der Waals surface area (Å²) in [5.41, 5.74) is 0.225. The fourth-order valence-corrected chi connectivity index (χ4v) is 5.63. The maximum atomic E-state index is 15.5. The highest BCUT2D eigenvalue weighted by Gasteiger charge is 2.28. The van der Waals surface area contributed by atoms with E-state index in [0.29, 0.717) is 36.7 Å². The molecule has 0 bridgehead atoms. The Hall–Kier alpha value is -3.55. The first kappa shape index (κ1) is 31.4. The minimum atomic E-state index is -4.13. The molecular formula is C28H34ClFN6O5S. The molecule has 42 heavy (non-hydrogen) atoms. The van der Waals surface area contributed by atoms with Crippen molar-refractivity contribution in [3.63, 3.8) is 0 Å². The lowest BCUT2D eigenvalue weighted by atomic mass is 10.1. The molecule has 0 radical (unpaired) electrons. The monoisotopic (exact) mass is 620 g/mol. The molecule has 226 valence electrons. The van der Waals surface area contributed by atoms with Gasteiger partial charge in [-0.25, -0.2) is 37.3 Å². The number of sulfonamides is 1. The molecule has 1 saturated heterocycles. The van der Waals surface area contributed by atoms with Gasteiger partial charge in [-0.3, -0.25) is 0 Å². The van der Waals surface area contributed by atoms with Crippen molar-refractivity contribution in [1.29, 1.82) is 0 Å². The number of halogens is 2. The van der Waals surface area contributed by atoms with Crippen LogP contribution in [0.4, 0.5) is 15.1 Å². The summed E-state index contributed by atoms with van der Waals surface area (Å²) in [7, 11) is -4.13. The van der Waals surface area contributed by atoms with Gasteiger partial charge in [0.25, 0.3) is 0 Å². The first-order valence-electron chi connectivity index (χ1n) is 13.6. The summed E-state index contributed by atoms with van der Waals surface area (Å²) < 4.78 is 54.3. The molecule has 14 heteroatoms. The normalized spacial score (nSPS) is 15.8. The number of ether oxygens (including phenoxy) is 2. The number of benzene rings is 1. The van der Waals surface area contributed by atoms with E-state index in [0.717, 1.165) is 18.9 Å². The zero-order chi connectivity index (χ0) is 30.5. The molecule has 1 amide bonds. The van der Waals surface area contributed by atoms with E-state index in [-0.39, 0.29) is 29.6 Å². The van der Waals surface area contributed by atoms with Crippen molar-refractivity contribution in [2.45, 2.75) is 63.5 Å². The number of anilines is 1. The second-order valence-electron chi connectivity index (χ2n) is 10.7. The largest absolute Gasteiger partial charge is 0.444 e. The number of carbonyl (C=O) groups excluding carboxylic acids is 1. The standard InChI is InChI=1S/C28H34ClFN6O5S/c1-5-13-33-42(38,39)22-11-10-20(29)24(23(22)30)40-25-19(9-6-14-31-25)21-12-15-32-26(35-21)34-18-8-7-16-36(17-18)27(37)41-28(2,3)4/h6,9-12,14-15,18,33H,5,7-8,13,16-17H2,1-4H3,(H,32,34,35)/t18-/m0/s1. The van der Waals surface area contributed by atoms with Crippen molar-refractivity contribution in [2.24, 2.45) is 0 Å². The number of likely N-dealkylation sites (tertiary alicyclic amines) is 1. The molecule has 0 aliphatic carbocycles. The summed E-state index contributed by atoms with van der Waals surface area (Å²) >= 11 is 6.23. The van der Waals surface area contributed by atoms with Crippen LogP contribution in [-0.4, -0.2) is 65.6 Å². The van der Waals surface area contributed by atoms with Crippen LogP contribution in [0.25, 0.3) is 11.3 Å². The van der Waals surface area contributed by atoms with Crippen LogP contribution in [0, 0.1) is 5.82 Å². The number of hydrogen-bond acceptors (Lipinski definition) is 9. The van der Waals surface area contributed by atoms with Gasteiger partial charge in [0, 0.05) is 38.1 Å². The molecule has 0 saturated carbocycles. The van der Waals surface area contributed by atoms with Gasteiger partial charge in [0.2, 0.25) is 21.9 Å². The highest BCUT2D eigenvalue weighted by Crippen LogP contribution is 2.38. The van der Waals surface area contributed by atoms with E-state index in [1.54, 1.807) is 36.2 Å². The first-order chi connectivity index (χ1) is 19.9. The zero-order valence-electron chi connectivity index (χ0n) is 23.9. The van der Waals surface area contributed by atoms with Gasteiger partial charge in [-0.2, -0.15) is 0 Å². The van der Waals surface area contributed by atoms with E-state index >= 15 is 4.39 Å². The lowest BCUT2D eigenvalue weighted by molar-refractivity contribution is 0.0206. The molecule has 2 N–H and O–H groups in total. The molecule has 4 rings (SSSR count). The number of carbonyl (C=O) groups is 1. The summed E-state index contributed by atoms with van der Waals surface area (Å²) in [5.74, 6) is -1.34. The summed E-state index contributed by atoms with van der Waals surface area (Å²) in [5, 5.41) is 3.15. The Kier molecular flexibility index (Phi) is 9.85. The third-order valence-electron chi connectivity index (χ3n) is 6.15. The van der Waals surface area contributed by atoms with E-state index in [9.17, 15) is 13.2 Å². The minimum Gasteiger partial charge on any atom is -0.444 e. The Morgan fingerprint density at radius 3 is 2.71 bits per heavy atom. The van der Waals surface area contributed by atoms with E-state index in [2.05, 4.69) is 25.0 Å². The molecule has 0 unspecified atom stereocenters. The number of hydrogen-bond donors (Lipinski definition) is 2. The van der Waals surface area contributed by atoms with Crippen LogP contribution in [0.1, 0.15) is 47.0 Å². The van der Waals surface area contributed by atoms with E-state index < -0.39 is 32.1 Å². The van der Waals surface area contributed by atoms with E-state index in [4.69, 9.17) is 21.1 Å². The molecule has 1 aliphatic heterocycles. The number of piperidine rings is 1. The van der Waals surface area contributed by atoms with Crippen LogP contribution in [0.15, 0.2) is 47.6 Å². The van der Waals surface area contributed by atoms with Gasteiger partial charge in [0.1, 0.15) is 10.5 Å². The van der Waals surface area contributed by atoms with Crippen molar-refractivity contribution in [2.75, 3.05) is 25.0 Å². The van der Waals surface area contributed by atoms with Crippen molar-refractivity contribution in [1.82, 2.24) is 24.6 Å². The van der Waals surface area contributed by atoms with Gasteiger partial charge in [-0.1, -0.05) is 18.5 Å². The third kappa shape index (κ3) is 7.84. The fraction of sp³-hybridized carbons (Fsp3) is 0.429. The Morgan fingerprint density at radius 2 is 1.98 bits per heavy atom. The second kappa shape index (κ2) is 13.2. The highest BCUT2D eigenvalue weighted by molar-refractivity contribution is 7.89. The Balaban J connectivity index is 1.56. The van der Waals surface area contributed by atoms with Crippen molar-refractivity contribution in [3.05, 3.63) is 53.6 Å². The quantitative estimate of drug-likeness (QED) is 0.312. The third-order valence-corrected chi connectivity index (χ3v) is 7.93. The van der Waals surface area contributed by atoms with Gasteiger partial charge in [-0.15, -0.1) is 0 Å². The first-order valence-corrected chi connectivity index (χ1v) is 15.4. The topological polar surface area (TPSA) is 136 Å². The molecule has 1 aliphatic rings.